The van der Waals surface area contributed by atoms with Gasteiger partial charge in [-0.3, -0.25) is 0 Å². The lowest BCUT2D eigenvalue weighted by molar-refractivity contribution is -0.127. The van der Waals surface area contributed by atoms with E-state index in [1.54, 1.807) is 18.2 Å². The SMILES string of the molecule is CCCc1ccc(C#Cc2ccc3c(F)c(CCc4ccc(CC(F)(F)F)c(F)c4)ccc3c2)cc1. The molecule has 0 aliphatic carbocycles. The third-order valence-corrected chi connectivity index (χ3v) is 6.07. The van der Waals surface area contributed by atoms with E-state index in [0.29, 0.717) is 29.4 Å². The molecule has 0 N–H and O–H groups in total. The monoisotopic (exact) mass is 492 g/mol. The molecule has 0 saturated carbocycles. The van der Waals surface area contributed by atoms with E-state index in [2.05, 4.69) is 30.9 Å². The predicted octanol–water partition coefficient (Wildman–Crippen LogP) is 8.36. The molecule has 0 aliphatic heterocycles. The zero-order valence-corrected chi connectivity index (χ0v) is 19.9. The van der Waals surface area contributed by atoms with E-state index in [0.717, 1.165) is 41.5 Å². The molecule has 0 fully saturated rings. The van der Waals surface area contributed by atoms with Crippen molar-refractivity contribution in [3.8, 4) is 11.8 Å². The first-order chi connectivity index (χ1) is 17.2. The molecule has 0 bridgehead atoms. The van der Waals surface area contributed by atoms with Gasteiger partial charge in [-0.1, -0.05) is 67.6 Å². The summed E-state index contributed by atoms with van der Waals surface area (Å²) in [6, 6.07) is 20.7. The van der Waals surface area contributed by atoms with Crippen LogP contribution in [0.5, 0.6) is 0 Å². The van der Waals surface area contributed by atoms with Gasteiger partial charge in [-0.15, -0.1) is 0 Å². The van der Waals surface area contributed by atoms with Crippen LogP contribution in [0.3, 0.4) is 0 Å². The summed E-state index contributed by atoms with van der Waals surface area (Å²) in [5.74, 6) is 5.03. The smallest absolute Gasteiger partial charge is 0.207 e. The molecule has 0 nitrogen and oxygen atoms in total. The molecule has 0 amide bonds. The summed E-state index contributed by atoms with van der Waals surface area (Å²) in [7, 11) is 0. The molecule has 0 heterocycles. The van der Waals surface area contributed by atoms with Crippen molar-refractivity contribution >= 4 is 10.8 Å². The first-order valence-electron chi connectivity index (χ1n) is 11.9. The maximum atomic E-state index is 15.1. The highest BCUT2D eigenvalue weighted by Crippen LogP contribution is 2.26. The van der Waals surface area contributed by atoms with Crippen molar-refractivity contribution in [1.82, 2.24) is 0 Å². The van der Waals surface area contributed by atoms with Gasteiger partial charge in [0, 0.05) is 16.5 Å². The molecule has 4 aromatic rings. The Labute approximate surface area is 207 Å². The van der Waals surface area contributed by atoms with E-state index in [-0.39, 0.29) is 5.82 Å². The minimum atomic E-state index is -4.47. The molecule has 0 atom stereocenters. The van der Waals surface area contributed by atoms with Gasteiger partial charge in [0.15, 0.2) is 0 Å². The van der Waals surface area contributed by atoms with E-state index in [1.807, 2.05) is 24.3 Å². The summed E-state index contributed by atoms with van der Waals surface area (Å²) in [5.41, 5.74) is 3.57. The Hall–Kier alpha value is -3.65. The molecular formula is C31H25F5. The van der Waals surface area contributed by atoms with Crippen molar-refractivity contribution < 1.29 is 22.0 Å². The summed E-state index contributed by atoms with van der Waals surface area (Å²) in [6.45, 7) is 2.14. The van der Waals surface area contributed by atoms with Crippen LogP contribution in [-0.2, 0) is 25.7 Å². The van der Waals surface area contributed by atoms with Crippen LogP contribution in [0.2, 0.25) is 0 Å². The fraction of sp³-hybridized carbons (Fsp3) is 0.226. The van der Waals surface area contributed by atoms with Crippen LogP contribution in [0.25, 0.3) is 10.8 Å². The van der Waals surface area contributed by atoms with Crippen LogP contribution >= 0.6 is 0 Å². The van der Waals surface area contributed by atoms with E-state index in [1.165, 1.54) is 11.6 Å². The average Bonchev–Trinajstić information content (AvgIpc) is 2.84. The second-order valence-corrected chi connectivity index (χ2v) is 8.89. The summed E-state index contributed by atoms with van der Waals surface area (Å²) < 4.78 is 66.8. The van der Waals surface area contributed by atoms with E-state index < -0.39 is 24.0 Å². The molecule has 4 rings (SSSR count). The molecule has 0 unspecified atom stereocenters. The second kappa shape index (κ2) is 11.0. The van der Waals surface area contributed by atoms with Gasteiger partial charge in [-0.05, 0) is 77.2 Å². The second-order valence-electron chi connectivity index (χ2n) is 8.89. The van der Waals surface area contributed by atoms with Gasteiger partial charge in [0.1, 0.15) is 11.6 Å². The van der Waals surface area contributed by atoms with Gasteiger partial charge in [-0.25, -0.2) is 8.78 Å². The lowest BCUT2D eigenvalue weighted by Crippen LogP contribution is -2.13. The lowest BCUT2D eigenvalue weighted by Gasteiger charge is -2.10. The molecule has 4 aromatic carbocycles. The summed E-state index contributed by atoms with van der Waals surface area (Å²) in [6.07, 6.45) is -3.03. The molecular weight excluding hydrogens is 467 g/mol. The molecule has 0 aromatic heterocycles. The van der Waals surface area contributed by atoms with Crippen LogP contribution in [0, 0.1) is 23.5 Å². The Morgan fingerprint density at radius 3 is 2.03 bits per heavy atom. The normalized spacial score (nSPS) is 11.4. The average molecular weight is 493 g/mol. The van der Waals surface area contributed by atoms with Crippen molar-refractivity contribution in [3.63, 3.8) is 0 Å². The first kappa shape index (κ1) is 25.4. The third-order valence-electron chi connectivity index (χ3n) is 6.07. The number of hydrogen-bond donors (Lipinski definition) is 0. The number of rotatable bonds is 6. The quantitative estimate of drug-likeness (QED) is 0.187. The van der Waals surface area contributed by atoms with Crippen LogP contribution in [-0.4, -0.2) is 6.18 Å². The van der Waals surface area contributed by atoms with Crippen molar-refractivity contribution in [2.45, 2.75) is 45.2 Å². The van der Waals surface area contributed by atoms with E-state index >= 15 is 4.39 Å². The number of hydrogen-bond acceptors (Lipinski definition) is 0. The number of alkyl halides is 3. The van der Waals surface area contributed by atoms with Gasteiger partial charge in [0.2, 0.25) is 0 Å². The standard InChI is InChI=1S/C31H25F5/c1-2-3-21-4-6-22(7-5-21)8-9-23-12-17-28-26(18-23)16-15-25(30(28)33)13-10-24-11-14-27(29(32)19-24)20-31(34,35)36/h4-7,11-12,14-19H,2-3,10,13,20H2,1H3. The Bertz CT molecular complexity index is 1420. The van der Waals surface area contributed by atoms with Crippen molar-refractivity contribution in [2.75, 3.05) is 0 Å². The number of fused-ring (bicyclic) bond motifs is 1. The molecule has 5 heteroatoms. The number of benzene rings is 4. The molecule has 0 radical (unpaired) electrons. The third kappa shape index (κ3) is 6.51. The highest BCUT2D eigenvalue weighted by molar-refractivity contribution is 5.85. The van der Waals surface area contributed by atoms with Crippen molar-refractivity contribution in [1.29, 1.82) is 0 Å². The minimum absolute atomic E-state index is 0.301. The largest absolute Gasteiger partial charge is 0.393 e. The van der Waals surface area contributed by atoms with Crippen LogP contribution in [0.15, 0.2) is 72.8 Å². The van der Waals surface area contributed by atoms with Crippen LogP contribution in [0.4, 0.5) is 22.0 Å². The van der Waals surface area contributed by atoms with Crippen LogP contribution in [0.1, 0.15) is 46.7 Å². The topological polar surface area (TPSA) is 0 Å². The van der Waals surface area contributed by atoms with Gasteiger partial charge in [0.25, 0.3) is 0 Å². The summed E-state index contributed by atoms with van der Waals surface area (Å²) in [4.78, 5) is 0. The summed E-state index contributed by atoms with van der Waals surface area (Å²) in [5, 5.41) is 1.19. The van der Waals surface area contributed by atoms with Crippen molar-refractivity contribution in [3.05, 3.63) is 118 Å². The van der Waals surface area contributed by atoms with Gasteiger partial charge >= 0.3 is 6.18 Å². The fourth-order valence-corrected chi connectivity index (χ4v) is 4.18. The Kier molecular flexibility index (Phi) is 7.74. The van der Waals surface area contributed by atoms with E-state index in [9.17, 15) is 17.6 Å². The molecule has 184 valence electrons. The van der Waals surface area contributed by atoms with Crippen LogP contribution < -0.4 is 0 Å². The zero-order chi connectivity index (χ0) is 25.7. The summed E-state index contributed by atoms with van der Waals surface area (Å²) >= 11 is 0. The lowest BCUT2D eigenvalue weighted by atomic mass is 9.98. The fourth-order valence-electron chi connectivity index (χ4n) is 4.18. The van der Waals surface area contributed by atoms with E-state index in [4.69, 9.17) is 0 Å². The maximum Gasteiger partial charge on any atom is 0.393 e. The molecule has 0 saturated heterocycles. The Morgan fingerprint density at radius 2 is 1.33 bits per heavy atom. The minimum Gasteiger partial charge on any atom is -0.207 e. The molecule has 0 aliphatic rings. The zero-order valence-electron chi connectivity index (χ0n) is 19.9. The number of halogens is 5. The maximum absolute atomic E-state index is 15.1. The van der Waals surface area contributed by atoms with Crippen molar-refractivity contribution in [2.24, 2.45) is 0 Å². The predicted molar refractivity (Wildman–Crippen MR) is 134 cm³/mol. The first-order valence-corrected chi connectivity index (χ1v) is 11.9. The number of aryl methyl sites for hydroxylation is 3. The Balaban J connectivity index is 1.46. The highest BCUT2D eigenvalue weighted by Gasteiger charge is 2.29. The highest BCUT2D eigenvalue weighted by atomic mass is 19.4. The molecule has 36 heavy (non-hydrogen) atoms. The van der Waals surface area contributed by atoms with Gasteiger partial charge in [0.05, 0.1) is 6.42 Å². The van der Waals surface area contributed by atoms with Gasteiger partial charge < -0.3 is 0 Å². The Morgan fingerprint density at radius 1 is 0.667 bits per heavy atom. The van der Waals surface area contributed by atoms with Gasteiger partial charge in [-0.2, -0.15) is 13.2 Å². The molecule has 0 spiro atoms.